The summed E-state index contributed by atoms with van der Waals surface area (Å²) in [6.07, 6.45) is 2.25. The van der Waals surface area contributed by atoms with Crippen molar-refractivity contribution in [2.24, 2.45) is 0 Å². The van der Waals surface area contributed by atoms with Gasteiger partial charge >= 0.3 is 0 Å². The monoisotopic (exact) mass is 323 g/mol. The Bertz CT molecular complexity index is 814. The molecule has 2 aromatic heterocycles. The van der Waals surface area contributed by atoms with Gasteiger partial charge in [0, 0.05) is 18.5 Å². The van der Waals surface area contributed by atoms with E-state index in [1.807, 2.05) is 13.0 Å². The maximum absolute atomic E-state index is 13.6. The Hall–Kier alpha value is -1.65. The van der Waals surface area contributed by atoms with E-state index in [1.165, 1.54) is 18.2 Å². The Morgan fingerprint density at radius 2 is 2.10 bits per heavy atom. The standard InChI is InChI=1S/C15H12Cl2FN3/c1-9-5-7-19-15-14(9)20-13(4-6-16)21(15)12-8-10(18)2-3-11(12)17/h2-3,5,7-8H,4,6H2,1H3. The topological polar surface area (TPSA) is 30.7 Å². The van der Waals surface area contributed by atoms with Crippen molar-refractivity contribution < 1.29 is 4.39 Å². The van der Waals surface area contributed by atoms with Crippen molar-refractivity contribution in [3.8, 4) is 5.69 Å². The minimum Gasteiger partial charge on any atom is -0.279 e. The molecule has 0 amide bonds. The van der Waals surface area contributed by atoms with Crippen molar-refractivity contribution in [3.63, 3.8) is 0 Å². The number of alkyl halides is 1. The molecule has 0 spiro atoms. The van der Waals surface area contributed by atoms with E-state index in [9.17, 15) is 4.39 Å². The molecule has 0 radical (unpaired) electrons. The summed E-state index contributed by atoms with van der Waals surface area (Å²) >= 11 is 12.1. The number of hydrogen-bond acceptors (Lipinski definition) is 2. The lowest BCUT2D eigenvalue weighted by Gasteiger charge is -2.10. The predicted molar refractivity (Wildman–Crippen MR) is 83.0 cm³/mol. The summed E-state index contributed by atoms with van der Waals surface area (Å²) in [6, 6.07) is 6.12. The molecule has 0 aliphatic heterocycles. The van der Waals surface area contributed by atoms with Crippen molar-refractivity contribution in [3.05, 3.63) is 52.7 Å². The van der Waals surface area contributed by atoms with Crippen LogP contribution in [0.2, 0.25) is 5.02 Å². The molecule has 0 fully saturated rings. The minimum atomic E-state index is -0.360. The number of pyridine rings is 1. The number of imidazole rings is 1. The number of benzene rings is 1. The molecule has 0 aliphatic rings. The molecule has 108 valence electrons. The van der Waals surface area contributed by atoms with Crippen molar-refractivity contribution in [2.75, 3.05) is 5.88 Å². The SMILES string of the molecule is Cc1ccnc2c1nc(CCCl)n2-c1cc(F)ccc1Cl. The molecular weight excluding hydrogens is 312 g/mol. The quantitative estimate of drug-likeness (QED) is 0.673. The van der Waals surface area contributed by atoms with Crippen LogP contribution in [0.1, 0.15) is 11.4 Å². The van der Waals surface area contributed by atoms with Gasteiger partial charge in [0.25, 0.3) is 0 Å². The van der Waals surface area contributed by atoms with E-state index >= 15 is 0 Å². The first kappa shape index (κ1) is 14.3. The van der Waals surface area contributed by atoms with Crippen LogP contribution in [0, 0.1) is 12.7 Å². The molecule has 2 heterocycles. The molecule has 3 rings (SSSR count). The van der Waals surface area contributed by atoms with Crippen LogP contribution in [0.15, 0.2) is 30.5 Å². The summed E-state index contributed by atoms with van der Waals surface area (Å²) < 4.78 is 15.4. The van der Waals surface area contributed by atoms with E-state index in [-0.39, 0.29) is 5.82 Å². The van der Waals surface area contributed by atoms with Gasteiger partial charge in [0.15, 0.2) is 5.65 Å². The number of rotatable bonds is 3. The summed E-state index contributed by atoms with van der Waals surface area (Å²) in [4.78, 5) is 8.95. The smallest absolute Gasteiger partial charge is 0.164 e. The van der Waals surface area contributed by atoms with E-state index in [0.29, 0.717) is 34.5 Å². The van der Waals surface area contributed by atoms with Crippen LogP contribution < -0.4 is 0 Å². The van der Waals surface area contributed by atoms with Gasteiger partial charge in [-0.25, -0.2) is 14.4 Å². The fourth-order valence-electron chi connectivity index (χ4n) is 2.30. The fourth-order valence-corrected chi connectivity index (χ4v) is 2.67. The third kappa shape index (κ3) is 2.49. The van der Waals surface area contributed by atoms with Crippen LogP contribution in [0.5, 0.6) is 0 Å². The van der Waals surface area contributed by atoms with E-state index in [4.69, 9.17) is 23.2 Å². The van der Waals surface area contributed by atoms with Gasteiger partial charge in [-0.1, -0.05) is 11.6 Å². The van der Waals surface area contributed by atoms with Gasteiger partial charge in [0.2, 0.25) is 0 Å². The Kier molecular flexibility index (Phi) is 3.83. The zero-order valence-electron chi connectivity index (χ0n) is 11.3. The average Bonchev–Trinajstić information content (AvgIpc) is 2.82. The first-order valence-electron chi connectivity index (χ1n) is 6.46. The van der Waals surface area contributed by atoms with Crippen LogP contribution in [-0.2, 0) is 6.42 Å². The molecule has 3 nitrogen and oxygen atoms in total. The largest absolute Gasteiger partial charge is 0.279 e. The summed E-state index contributed by atoms with van der Waals surface area (Å²) in [5.41, 5.74) is 2.96. The van der Waals surface area contributed by atoms with Gasteiger partial charge in [0.1, 0.15) is 17.2 Å². The highest BCUT2D eigenvalue weighted by molar-refractivity contribution is 6.32. The third-order valence-corrected chi connectivity index (χ3v) is 3.79. The summed E-state index contributed by atoms with van der Waals surface area (Å²) in [7, 11) is 0. The van der Waals surface area contributed by atoms with Gasteiger partial charge in [-0.05, 0) is 36.8 Å². The Labute approximate surface area is 131 Å². The van der Waals surface area contributed by atoms with Crippen molar-refractivity contribution >= 4 is 34.4 Å². The third-order valence-electron chi connectivity index (χ3n) is 3.28. The molecule has 0 unspecified atom stereocenters. The second-order valence-electron chi connectivity index (χ2n) is 4.70. The molecule has 3 aromatic rings. The molecule has 0 saturated carbocycles. The number of aryl methyl sites for hydroxylation is 2. The van der Waals surface area contributed by atoms with Crippen molar-refractivity contribution in [2.45, 2.75) is 13.3 Å². The minimum absolute atomic E-state index is 0.360. The zero-order chi connectivity index (χ0) is 15.0. The lowest BCUT2D eigenvalue weighted by Crippen LogP contribution is -2.04. The molecule has 0 bridgehead atoms. The van der Waals surface area contributed by atoms with Gasteiger partial charge in [-0.3, -0.25) is 4.57 Å². The normalized spacial score (nSPS) is 11.2. The molecule has 0 saturated heterocycles. The lowest BCUT2D eigenvalue weighted by atomic mass is 10.2. The maximum Gasteiger partial charge on any atom is 0.164 e. The summed E-state index contributed by atoms with van der Waals surface area (Å²) in [6.45, 7) is 1.96. The van der Waals surface area contributed by atoms with E-state index in [2.05, 4.69) is 9.97 Å². The van der Waals surface area contributed by atoms with Gasteiger partial charge < -0.3 is 0 Å². The molecule has 0 atom stereocenters. The molecular formula is C15H12Cl2FN3. The highest BCUT2D eigenvalue weighted by Gasteiger charge is 2.17. The molecule has 1 aromatic carbocycles. The van der Waals surface area contributed by atoms with E-state index in [1.54, 1.807) is 10.8 Å². The molecule has 0 N–H and O–H groups in total. The number of hydrogen-bond donors (Lipinski definition) is 0. The number of fused-ring (bicyclic) bond motifs is 1. The molecule has 6 heteroatoms. The number of halogens is 3. The predicted octanol–water partition coefficient (Wildman–Crippen LogP) is 4.30. The first-order chi connectivity index (χ1) is 10.1. The van der Waals surface area contributed by atoms with Gasteiger partial charge in [-0.2, -0.15) is 0 Å². The summed E-state index contributed by atoms with van der Waals surface area (Å²) in [5, 5.41) is 0.440. The molecule has 0 aliphatic carbocycles. The van der Waals surface area contributed by atoms with Crippen LogP contribution in [0.4, 0.5) is 4.39 Å². The first-order valence-corrected chi connectivity index (χ1v) is 7.37. The Balaban J connectivity index is 2.36. The Morgan fingerprint density at radius 1 is 1.29 bits per heavy atom. The number of aromatic nitrogens is 3. The van der Waals surface area contributed by atoms with Gasteiger partial charge in [0.05, 0.1) is 10.7 Å². The second kappa shape index (κ2) is 5.62. The van der Waals surface area contributed by atoms with Crippen LogP contribution >= 0.6 is 23.2 Å². The molecule has 21 heavy (non-hydrogen) atoms. The van der Waals surface area contributed by atoms with Crippen LogP contribution in [0.3, 0.4) is 0 Å². The van der Waals surface area contributed by atoms with Crippen LogP contribution in [0.25, 0.3) is 16.9 Å². The maximum atomic E-state index is 13.6. The van der Waals surface area contributed by atoms with E-state index < -0.39 is 0 Å². The fraction of sp³-hybridized carbons (Fsp3) is 0.200. The number of nitrogens with zero attached hydrogens (tertiary/aromatic N) is 3. The highest BCUT2D eigenvalue weighted by atomic mass is 35.5. The van der Waals surface area contributed by atoms with Gasteiger partial charge in [-0.15, -0.1) is 11.6 Å². The highest BCUT2D eigenvalue weighted by Crippen LogP contribution is 2.28. The zero-order valence-corrected chi connectivity index (χ0v) is 12.8. The average molecular weight is 324 g/mol. The van der Waals surface area contributed by atoms with E-state index in [0.717, 1.165) is 11.1 Å². The van der Waals surface area contributed by atoms with Crippen molar-refractivity contribution in [1.29, 1.82) is 0 Å². The Morgan fingerprint density at radius 3 is 2.86 bits per heavy atom. The van der Waals surface area contributed by atoms with Crippen LogP contribution in [-0.4, -0.2) is 20.4 Å². The second-order valence-corrected chi connectivity index (χ2v) is 5.48. The van der Waals surface area contributed by atoms with Crippen molar-refractivity contribution in [1.82, 2.24) is 14.5 Å². The lowest BCUT2D eigenvalue weighted by molar-refractivity contribution is 0.626. The summed E-state index contributed by atoms with van der Waals surface area (Å²) in [5.74, 6) is 0.769.